The Kier molecular flexibility index (Phi) is 5.68. The summed E-state index contributed by atoms with van der Waals surface area (Å²) in [5, 5.41) is 1.92. The highest BCUT2D eigenvalue weighted by Crippen LogP contribution is 2.35. The van der Waals surface area contributed by atoms with Crippen LogP contribution in [0.3, 0.4) is 0 Å². The van der Waals surface area contributed by atoms with E-state index in [-0.39, 0.29) is 11.8 Å². The maximum absolute atomic E-state index is 13.3. The van der Waals surface area contributed by atoms with Gasteiger partial charge in [0, 0.05) is 24.2 Å². The Morgan fingerprint density at radius 1 is 0.933 bits per heavy atom. The monoisotopic (exact) mass is 418 g/mol. The van der Waals surface area contributed by atoms with Crippen LogP contribution in [0.2, 0.25) is 0 Å². The maximum Gasteiger partial charge on any atom is 0.278 e. The predicted octanol–water partition coefficient (Wildman–Crippen LogP) is 4.22. The Bertz CT molecular complexity index is 1070. The predicted molar refractivity (Wildman–Crippen MR) is 120 cm³/mol. The number of methoxy groups -OCH3 is 1. The van der Waals surface area contributed by atoms with E-state index in [1.165, 1.54) is 16.2 Å². The van der Waals surface area contributed by atoms with Gasteiger partial charge in [0.1, 0.15) is 11.4 Å². The fourth-order valence-electron chi connectivity index (χ4n) is 3.53. The van der Waals surface area contributed by atoms with Gasteiger partial charge < -0.3 is 9.64 Å². The number of hydrogen-bond donors (Lipinski definition) is 0. The summed E-state index contributed by atoms with van der Waals surface area (Å²) in [6, 6.07) is 21.1. The molecule has 1 aromatic heterocycles. The molecular weight excluding hydrogens is 396 g/mol. The normalized spacial score (nSPS) is 13.9. The first-order valence-corrected chi connectivity index (χ1v) is 10.5. The summed E-state index contributed by atoms with van der Waals surface area (Å²) in [5.41, 5.74) is 2.79. The number of benzene rings is 2. The molecule has 152 valence electrons. The molecule has 0 atom stereocenters. The fourth-order valence-corrected chi connectivity index (χ4v) is 4.30. The summed E-state index contributed by atoms with van der Waals surface area (Å²) in [4.78, 5) is 30.6. The molecule has 0 aliphatic carbocycles. The van der Waals surface area contributed by atoms with Crippen LogP contribution in [0.5, 0.6) is 5.75 Å². The number of hydrogen-bond acceptors (Lipinski definition) is 5. The average molecular weight is 419 g/mol. The highest BCUT2D eigenvalue weighted by Gasteiger charge is 2.41. The van der Waals surface area contributed by atoms with Crippen molar-refractivity contribution >= 4 is 34.4 Å². The minimum atomic E-state index is -0.261. The van der Waals surface area contributed by atoms with Crippen LogP contribution < -0.4 is 9.64 Å². The van der Waals surface area contributed by atoms with Gasteiger partial charge in [-0.05, 0) is 47.7 Å². The number of rotatable bonds is 7. The second-order valence-corrected chi connectivity index (χ2v) is 7.90. The van der Waals surface area contributed by atoms with Gasteiger partial charge in [0.05, 0.1) is 12.7 Å². The van der Waals surface area contributed by atoms with Crippen LogP contribution >= 0.6 is 11.3 Å². The first kappa shape index (κ1) is 19.9. The maximum atomic E-state index is 13.3. The van der Waals surface area contributed by atoms with E-state index in [1.807, 2.05) is 84.1 Å². The molecule has 0 bridgehead atoms. The van der Waals surface area contributed by atoms with Crippen LogP contribution in [0.25, 0.3) is 5.57 Å². The van der Waals surface area contributed by atoms with Gasteiger partial charge in [-0.1, -0.05) is 36.4 Å². The lowest BCUT2D eigenvalue weighted by Crippen LogP contribution is -2.35. The van der Waals surface area contributed by atoms with E-state index < -0.39 is 0 Å². The molecule has 2 amide bonds. The topological polar surface area (TPSA) is 49.9 Å². The van der Waals surface area contributed by atoms with Crippen LogP contribution in [0.15, 0.2) is 77.8 Å². The third-order valence-corrected chi connectivity index (χ3v) is 6.06. The first-order valence-electron chi connectivity index (χ1n) is 9.66. The van der Waals surface area contributed by atoms with Crippen molar-refractivity contribution in [1.82, 2.24) is 4.90 Å². The molecule has 5 nitrogen and oxygen atoms in total. The number of ether oxygens (including phenoxy) is 1. The standard InChI is InChI=1S/C24H22N2O3S/c1-25(18-7-4-3-5-8-18)22-21(20-9-6-16-30-20)23(27)26(24(22)28)15-14-17-10-12-19(29-2)13-11-17/h3-13,16H,14-15H2,1-2H3. The number of amides is 2. The number of thiophene rings is 1. The molecule has 0 unspecified atom stereocenters. The highest BCUT2D eigenvalue weighted by atomic mass is 32.1. The first-order chi connectivity index (χ1) is 14.6. The zero-order valence-electron chi connectivity index (χ0n) is 16.9. The van der Waals surface area contributed by atoms with Crippen molar-refractivity contribution < 1.29 is 14.3 Å². The zero-order chi connectivity index (χ0) is 21.1. The SMILES string of the molecule is COc1ccc(CCN2C(=O)C(c3cccs3)=C(N(C)c3ccccc3)C2=O)cc1. The zero-order valence-corrected chi connectivity index (χ0v) is 17.7. The summed E-state index contributed by atoms with van der Waals surface area (Å²) >= 11 is 1.46. The molecule has 0 saturated carbocycles. The number of carbonyl (C=O) groups excluding carboxylic acids is 2. The van der Waals surface area contributed by atoms with Gasteiger partial charge in [-0.3, -0.25) is 14.5 Å². The molecule has 0 spiro atoms. The minimum Gasteiger partial charge on any atom is -0.497 e. The molecule has 4 rings (SSSR count). The van der Waals surface area contributed by atoms with Gasteiger partial charge in [0.15, 0.2) is 0 Å². The summed E-state index contributed by atoms with van der Waals surface area (Å²) in [5.74, 6) is 0.275. The second kappa shape index (κ2) is 8.55. The Morgan fingerprint density at radius 2 is 1.67 bits per heavy atom. The van der Waals surface area contributed by atoms with Crippen LogP contribution in [0.1, 0.15) is 10.4 Å². The summed E-state index contributed by atoms with van der Waals surface area (Å²) in [7, 11) is 3.45. The molecule has 0 N–H and O–H groups in total. The van der Waals surface area contributed by atoms with Crippen molar-refractivity contribution in [2.24, 2.45) is 0 Å². The Morgan fingerprint density at radius 3 is 2.30 bits per heavy atom. The lowest BCUT2D eigenvalue weighted by molar-refractivity contribution is -0.136. The van der Waals surface area contributed by atoms with E-state index in [9.17, 15) is 9.59 Å². The summed E-state index contributed by atoms with van der Waals surface area (Å²) in [6.07, 6.45) is 0.585. The van der Waals surface area contributed by atoms with E-state index in [1.54, 1.807) is 7.11 Å². The van der Waals surface area contributed by atoms with Gasteiger partial charge >= 0.3 is 0 Å². The smallest absolute Gasteiger partial charge is 0.278 e. The largest absolute Gasteiger partial charge is 0.497 e. The molecule has 0 fully saturated rings. The number of para-hydroxylation sites is 1. The van der Waals surface area contributed by atoms with Crippen molar-refractivity contribution in [2.45, 2.75) is 6.42 Å². The summed E-state index contributed by atoms with van der Waals surface area (Å²) < 4.78 is 5.19. The fraction of sp³-hybridized carbons (Fsp3) is 0.167. The van der Waals surface area contributed by atoms with E-state index in [0.29, 0.717) is 24.2 Å². The third kappa shape index (κ3) is 3.74. The molecule has 0 saturated heterocycles. The van der Waals surface area contributed by atoms with Gasteiger partial charge in [-0.15, -0.1) is 11.3 Å². The number of imide groups is 1. The number of anilines is 1. The van der Waals surface area contributed by atoms with Crippen LogP contribution in [0.4, 0.5) is 5.69 Å². The number of likely N-dealkylation sites (N-methyl/N-ethyl adjacent to an activating group) is 1. The Labute approximate surface area is 179 Å². The Hall–Kier alpha value is -3.38. The van der Waals surface area contributed by atoms with E-state index >= 15 is 0 Å². The number of nitrogens with zero attached hydrogens (tertiary/aromatic N) is 2. The van der Waals surface area contributed by atoms with Crippen LogP contribution in [-0.4, -0.2) is 37.4 Å². The number of carbonyl (C=O) groups is 2. The van der Waals surface area contributed by atoms with E-state index in [4.69, 9.17) is 4.74 Å². The second-order valence-electron chi connectivity index (χ2n) is 6.96. The summed E-state index contributed by atoms with van der Waals surface area (Å²) in [6.45, 7) is 0.324. The van der Waals surface area contributed by atoms with Crippen molar-refractivity contribution in [3.05, 3.63) is 88.2 Å². The third-order valence-electron chi connectivity index (χ3n) is 5.17. The molecule has 1 aliphatic heterocycles. The van der Waals surface area contributed by atoms with Crippen molar-refractivity contribution in [3.8, 4) is 5.75 Å². The molecule has 6 heteroatoms. The Balaban J connectivity index is 1.62. The molecule has 30 heavy (non-hydrogen) atoms. The van der Waals surface area contributed by atoms with Crippen molar-refractivity contribution in [3.63, 3.8) is 0 Å². The molecular formula is C24H22N2O3S. The molecule has 1 aliphatic rings. The van der Waals surface area contributed by atoms with Crippen molar-refractivity contribution in [2.75, 3.05) is 25.6 Å². The van der Waals surface area contributed by atoms with E-state index in [2.05, 4.69) is 0 Å². The minimum absolute atomic E-state index is 0.242. The quantitative estimate of drug-likeness (QED) is 0.539. The lowest BCUT2D eigenvalue weighted by Gasteiger charge is -2.21. The van der Waals surface area contributed by atoms with Gasteiger partial charge in [0.2, 0.25) is 0 Å². The van der Waals surface area contributed by atoms with Gasteiger partial charge in [-0.25, -0.2) is 0 Å². The average Bonchev–Trinajstić information content (AvgIpc) is 3.39. The van der Waals surface area contributed by atoms with Crippen LogP contribution in [-0.2, 0) is 16.0 Å². The van der Waals surface area contributed by atoms with Crippen molar-refractivity contribution in [1.29, 1.82) is 0 Å². The molecule has 2 aromatic carbocycles. The van der Waals surface area contributed by atoms with E-state index in [0.717, 1.165) is 21.9 Å². The lowest BCUT2D eigenvalue weighted by atomic mass is 10.1. The van der Waals surface area contributed by atoms with Crippen LogP contribution in [0, 0.1) is 0 Å². The molecule has 3 aromatic rings. The van der Waals surface area contributed by atoms with Gasteiger partial charge in [0.25, 0.3) is 11.8 Å². The highest BCUT2D eigenvalue weighted by molar-refractivity contribution is 7.11. The molecule has 2 heterocycles. The van der Waals surface area contributed by atoms with Gasteiger partial charge in [-0.2, -0.15) is 0 Å². The molecule has 0 radical (unpaired) electrons.